The van der Waals surface area contributed by atoms with Crippen LogP contribution >= 0.6 is 34.0 Å². The highest BCUT2D eigenvalue weighted by molar-refractivity contribution is 7.86. The molecule has 44 heavy (non-hydrogen) atoms. The number of rotatable bonds is 18. The standard InChI is InChI=1S/C31H36F3NO5S4/c1-3-5-7-9-11-21-15-16-41-28(21)25-13-14-26(43-25)29-22(12-10-8-6-4-2)17-24(42-29)18-23(19-35)30(36)40-20-27(32)31(33,34)44(37,38)39/h13-18,27H,3-12,20H2,1-2H3,(H,37,38,39). The molecular weight excluding hydrogens is 652 g/mol. The van der Waals surface area contributed by atoms with Gasteiger partial charge in [-0.05, 0) is 72.5 Å². The van der Waals surface area contributed by atoms with Gasteiger partial charge in [0.25, 0.3) is 0 Å². The molecule has 1 N–H and O–H groups in total. The number of nitriles is 1. The van der Waals surface area contributed by atoms with E-state index in [1.807, 2.05) is 6.07 Å². The monoisotopic (exact) mass is 687 g/mol. The van der Waals surface area contributed by atoms with Crippen molar-refractivity contribution in [2.75, 3.05) is 6.61 Å². The topological polar surface area (TPSA) is 104 Å². The number of carbonyl (C=O) groups is 1. The molecule has 1 unspecified atom stereocenters. The highest BCUT2D eigenvalue weighted by atomic mass is 32.2. The normalized spacial score (nSPS) is 13.2. The van der Waals surface area contributed by atoms with Crippen LogP contribution in [-0.4, -0.2) is 37.0 Å². The van der Waals surface area contributed by atoms with Crippen LogP contribution in [-0.2, 0) is 32.5 Å². The average molecular weight is 688 g/mol. The van der Waals surface area contributed by atoms with E-state index in [9.17, 15) is 31.6 Å². The van der Waals surface area contributed by atoms with Gasteiger partial charge in [-0.3, -0.25) is 4.55 Å². The molecular formula is C31H36F3NO5S4. The third kappa shape index (κ3) is 9.50. The number of hydrogen-bond donors (Lipinski definition) is 1. The Morgan fingerprint density at radius 1 is 1.00 bits per heavy atom. The summed E-state index contributed by atoms with van der Waals surface area (Å²) in [5.74, 6) is -1.39. The molecule has 0 aliphatic heterocycles. The molecule has 0 amide bonds. The van der Waals surface area contributed by atoms with Crippen molar-refractivity contribution in [3.8, 4) is 25.6 Å². The van der Waals surface area contributed by atoms with E-state index in [1.165, 1.54) is 52.0 Å². The van der Waals surface area contributed by atoms with Gasteiger partial charge in [-0.25, -0.2) is 9.18 Å². The van der Waals surface area contributed by atoms with Crippen LogP contribution in [0.5, 0.6) is 0 Å². The molecule has 6 nitrogen and oxygen atoms in total. The molecule has 3 aromatic heterocycles. The maximum absolute atomic E-state index is 13.8. The minimum Gasteiger partial charge on any atom is -0.458 e. The molecule has 0 aliphatic carbocycles. The number of hydrogen-bond acceptors (Lipinski definition) is 8. The van der Waals surface area contributed by atoms with Gasteiger partial charge in [-0.1, -0.05) is 52.4 Å². The van der Waals surface area contributed by atoms with Crippen LogP contribution in [0.15, 0.2) is 35.2 Å². The molecule has 3 aromatic rings. The van der Waals surface area contributed by atoms with E-state index in [0.717, 1.165) is 60.3 Å². The first-order chi connectivity index (χ1) is 20.9. The van der Waals surface area contributed by atoms with Crippen LogP contribution in [0.25, 0.3) is 25.6 Å². The Labute approximate surface area is 269 Å². The van der Waals surface area contributed by atoms with Gasteiger partial charge in [0.1, 0.15) is 18.2 Å². The maximum Gasteiger partial charge on any atom is 0.403 e. The lowest BCUT2D eigenvalue weighted by Gasteiger charge is -2.17. The number of unbranched alkanes of at least 4 members (excludes halogenated alkanes) is 6. The number of ether oxygens (including phenoxy) is 1. The first-order valence-corrected chi connectivity index (χ1v) is 18.5. The van der Waals surface area contributed by atoms with Gasteiger partial charge >= 0.3 is 21.3 Å². The molecule has 0 aromatic carbocycles. The third-order valence-electron chi connectivity index (χ3n) is 6.92. The van der Waals surface area contributed by atoms with Crippen molar-refractivity contribution in [1.29, 1.82) is 5.26 Å². The second kappa shape index (κ2) is 16.7. The summed E-state index contributed by atoms with van der Waals surface area (Å²) in [6, 6.07) is 9.91. The van der Waals surface area contributed by atoms with Crippen LogP contribution in [0.3, 0.4) is 0 Å². The minimum absolute atomic E-state index is 0.557. The molecule has 0 spiro atoms. The Kier molecular flexibility index (Phi) is 13.7. The SMILES string of the molecule is CCCCCCc1ccsc1-c1ccc(-c2sc(C=C(C#N)C(=O)OCC(F)C(F)(F)S(=O)(=O)O)cc2CCCCCC)s1. The summed E-state index contributed by atoms with van der Waals surface area (Å²) < 4.78 is 75.3. The number of thiophene rings is 3. The maximum atomic E-state index is 13.8. The molecule has 3 heterocycles. The molecule has 13 heteroatoms. The van der Waals surface area contributed by atoms with Crippen molar-refractivity contribution in [2.24, 2.45) is 0 Å². The summed E-state index contributed by atoms with van der Waals surface area (Å²) in [4.78, 5) is 17.5. The molecule has 3 rings (SSSR count). The first-order valence-electron chi connectivity index (χ1n) is 14.5. The van der Waals surface area contributed by atoms with E-state index < -0.39 is 39.7 Å². The molecule has 1 atom stereocenters. The number of halogens is 3. The third-order valence-corrected chi connectivity index (χ3v) is 11.4. The van der Waals surface area contributed by atoms with E-state index >= 15 is 0 Å². The van der Waals surface area contributed by atoms with Crippen molar-refractivity contribution in [3.63, 3.8) is 0 Å². The summed E-state index contributed by atoms with van der Waals surface area (Å²) >= 11 is 4.78. The fourth-order valence-electron chi connectivity index (χ4n) is 4.49. The van der Waals surface area contributed by atoms with Crippen LogP contribution in [0.1, 0.15) is 81.2 Å². The second-order valence-corrected chi connectivity index (χ2v) is 14.9. The lowest BCUT2D eigenvalue weighted by atomic mass is 10.1. The smallest absolute Gasteiger partial charge is 0.403 e. The molecule has 0 bridgehead atoms. The first kappa shape index (κ1) is 36.0. The molecule has 0 saturated heterocycles. The van der Waals surface area contributed by atoms with E-state index in [0.29, 0.717) is 4.88 Å². The van der Waals surface area contributed by atoms with E-state index in [1.54, 1.807) is 28.7 Å². The Bertz CT molecular complexity index is 1570. The molecule has 0 aliphatic rings. The molecule has 0 radical (unpaired) electrons. The van der Waals surface area contributed by atoms with Crippen LogP contribution in [0, 0.1) is 11.3 Å². The van der Waals surface area contributed by atoms with E-state index in [4.69, 9.17) is 4.55 Å². The quantitative estimate of drug-likeness (QED) is 0.0470. The fourth-order valence-corrected chi connectivity index (χ4v) is 8.31. The zero-order valence-corrected chi connectivity index (χ0v) is 27.9. The van der Waals surface area contributed by atoms with Crippen molar-refractivity contribution in [2.45, 2.75) is 89.5 Å². The highest BCUT2D eigenvalue weighted by Crippen LogP contribution is 2.43. The Morgan fingerprint density at radius 2 is 1.61 bits per heavy atom. The van der Waals surface area contributed by atoms with Gasteiger partial charge in [-0.2, -0.15) is 22.5 Å². The van der Waals surface area contributed by atoms with Crippen LogP contribution < -0.4 is 0 Å². The van der Waals surface area contributed by atoms with Gasteiger partial charge in [-0.15, -0.1) is 34.0 Å². The Balaban J connectivity index is 1.85. The van der Waals surface area contributed by atoms with Crippen molar-refractivity contribution < 1.29 is 35.7 Å². The van der Waals surface area contributed by atoms with Gasteiger partial charge < -0.3 is 4.74 Å². The summed E-state index contributed by atoms with van der Waals surface area (Å²) in [5.41, 5.74) is 1.84. The van der Waals surface area contributed by atoms with Gasteiger partial charge in [0.05, 0.1) is 0 Å². The molecule has 0 saturated carbocycles. The number of alkyl halides is 3. The number of nitrogens with zero attached hydrogens (tertiary/aromatic N) is 1. The molecule has 240 valence electrons. The minimum atomic E-state index is -6.06. The van der Waals surface area contributed by atoms with E-state index in [2.05, 4.69) is 42.2 Å². The second-order valence-electron chi connectivity index (χ2n) is 10.3. The highest BCUT2D eigenvalue weighted by Gasteiger charge is 2.53. The van der Waals surface area contributed by atoms with Crippen molar-refractivity contribution >= 4 is 56.2 Å². The van der Waals surface area contributed by atoms with Crippen molar-refractivity contribution in [3.05, 3.63) is 51.2 Å². The van der Waals surface area contributed by atoms with Crippen molar-refractivity contribution in [1.82, 2.24) is 0 Å². The average Bonchev–Trinajstić information content (AvgIpc) is 3.74. The van der Waals surface area contributed by atoms with Gasteiger partial charge in [0.15, 0.2) is 0 Å². The van der Waals surface area contributed by atoms with Gasteiger partial charge in [0, 0.05) is 24.4 Å². The Morgan fingerprint density at radius 3 is 2.20 bits per heavy atom. The molecule has 0 fully saturated rings. The summed E-state index contributed by atoms with van der Waals surface area (Å²) in [6.07, 6.45) is 8.53. The largest absolute Gasteiger partial charge is 0.458 e. The van der Waals surface area contributed by atoms with Crippen LogP contribution in [0.4, 0.5) is 13.2 Å². The summed E-state index contributed by atoms with van der Waals surface area (Å²) in [5, 5.41) is 6.49. The zero-order chi connectivity index (χ0) is 32.3. The Hall–Kier alpha value is -2.50. The van der Waals surface area contributed by atoms with Crippen LogP contribution in [0.2, 0.25) is 0 Å². The number of aryl methyl sites for hydroxylation is 2. The predicted octanol–water partition coefficient (Wildman–Crippen LogP) is 9.72. The summed E-state index contributed by atoms with van der Waals surface area (Å²) in [7, 11) is -6.06. The number of carbonyl (C=O) groups excluding carboxylic acids is 1. The lowest BCUT2D eigenvalue weighted by Crippen LogP contribution is -2.41. The van der Waals surface area contributed by atoms with E-state index in [-0.39, 0.29) is 0 Å². The number of esters is 1. The zero-order valence-electron chi connectivity index (χ0n) is 24.6. The fraction of sp³-hybridized carbons (Fsp3) is 0.484. The predicted molar refractivity (Wildman–Crippen MR) is 173 cm³/mol. The summed E-state index contributed by atoms with van der Waals surface area (Å²) in [6.45, 7) is 2.66. The van der Waals surface area contributed by atoms with Gasteiger partial charge in [0.2, 0.25) is 6.17 Å². The lowest BCUT2D eigenvalue weighted by molar-refractivity contribution is -0.143.